The van der Waals surface area contributed by atoms with Crippen molar-refractivity contribution in [2.75, 3.05) is 40.7 Å². The van der Waals surface area contributed by atoms with Gasteiger partial charge in [0, 0.05) is 48.9 Å². The molecular weight excluding hydrogens is 480 g/mol. The van der Waals surface area contributed by atoms with Crippen LogP contribution in [-0.4, -0.2) is 46.6 Å². The van der Waals surface area contributed by atoms with Gasteiger partial charge in [0.1, 0.15) is 5.82 Å². The molecule has 8 heteroatoms. The second-order valence-electron chi connectivity index (χ2n) is 11.3. The summed E-state index contributed by atoms with van der Waals surface area (Å²) in [4.78, 5) is 9.71. The van der Waals surface area contributed by atoms with Gasteiger partial charge in [-0.3, -0.25) is 0 Å². The lowest BCUT2D eigenvalue weighted by atomic mass is 9.87. The summed E-state index contributed by atoms with van der Waals surface area (Å²) in [5.41, 5.74) is 4.31. The van der Waals surface area contributed by atoms with E-state index in [2.05, 4.69) is 49.0 Å². The van der Waals surface area contributed by atoms with Crippen LogP contribution in [0.1, 0.15) is 57.8 Å². The molecule has 1 unspecified atom stereocenters. The zero-order valence-electron chi connectivity index (χ0n) is 21.4. The Bertz CT molecular complexity index is 1230. The summed E-state index contributed by atoms with van der Waals surface area (Å²) in [5.74, 6) is 3.77. The first kappa shape index (κ1) is 23.4. The molecule has 0 spiro atoms. The minimum atomic E-state index is 0.560. The Hall–Kier alpha value is -2.74. The van der Waals surface area contributed by atoms with E-state index in [9.17, 15) is 0 Å². The van der Waals surface area contributed by atoms with E-state index in [-0.39, 0.29) is 0 Å². The highest BCUT2D eigenvalue weighted by Crippen LogP contribution is 2.40. The summed E-state index contributed by atoms with van der Waals surface area (Å²) in [6, 6.07) is 10.7. The Balaban J connectivity index is 1.24. The molecule has 194 valence electrons. The number of benzene rings is 1. The van der Waals surface area contributed by atoms with Crippen molar-refractivity contribution in [3.63, 3.8) is 0 Å². The molecule has 8 bridgehead atoms. The smallest absolute Gasteiger partial charge is 0.250 e. The fraction of sp³-hybridized carbons (Fsp3) is 0.552. The molecule has 4 aliphatic heterocycles. The van der Waals surface area contributed by atoms with Crippen LogP contribution in [0.4, 0.5) is 17.2 Å². The summed E-state index contributed by atoms with van der Waals surface area (Å²) < 4.78 is 9.91. The maximum absolute atomic E-state index is 6.33. The van der Waals surface area contributed by atoms with Gasteiger partial charge >= 0.3 is 0 Å². The van der Waals surface area contributed by atoms with Gasteiger partial charge in [-0.15, -0.1) is 10.2 Å². The number of nitrogens with one attached hydrogen (secondary N) is 1. The highest BCUT2D eigenvalue weighted by Gasteiger charge is 2.27. The van der Waals surface area contributed by atoms with Crippen molar-refractivity contribution in [1.29, 1.82) is 0 Å². The molecule has 8 rings (SSSR count). The second-order valence-corrected chi connectivity index (χ2v) is 12.4. The van der Waals surface area contributed by atoms with Crippen LogP contribution >= 0.6 is 11.9 Å². The maximum atomic E-state index is 6.33. The van der Waals surface area contributed by atoms with Gasteiger partial charge in [0.25, 0.3) is 0 Å². The van der Waals surface area contributed by atoms with E-state index >= 15 is 0 Å². The van der Waals surface area contributed by atoms with Gasteiger partial charge in [-0.2, -0.15) is 0 Å². The van der Waals surface area contributed by atoms with Crippen LogP contribution in [0.2, 0.25) is 0 Å². The Morgan fingerprint density at radius 2 is 1.65 bits per heavy atom. The topological polar surface area (TPSA) is 70.3 Å². The highest BCUT2D eigenvalue weighted by molar-refractivity contribution is 8.01. The molecule has 1 saturated carbocycles. The number of pyridine rings is 1. The zero-order valence-corrected chi connectivity index (χ0v) is 22.3. The lowest BCUT2D eigenvalue weighted by Gasteiger charge is -2.36. The monoisotopic (exact) mass is 516 g/mol. The minimum absolute atomic E-state index is 0.560. The fourth-order valence-electron chi connectivity index (χ4n) is 6.21. The summed E-state index contributed by atoms with van der Waals surface area (Å²) in [5, 5.41) is 9.76. The highest BCUT2D eigenvalue weighted by atomic mass is 32.2. The predicted octanol–water partition coefficient (Wildman–Crippen LogP) is 6.64. The van der Waals surface area contributed by atoms with Gasteiger partial charge in [-0.1, -0.05) is 12.8 Å². The molecule has 1 aromatic carbocycles. The first-order valence-corrected chi connectivity index (χ1v) is 15.0. The van der Waals surface area contributed by atoms with Crippen LogP contribution in [-0.2, 0) is 0 Å². The van der Waals surface area contributed by atoms with E-state index < -0.39 is 0 Å². The lowest BCUT2D eigenvalue weighted by Crippen LogP contribution is -2.36. The van der Waals surface area contributed by atoms with E-state index in [1.807, 2.05) is 24.2 Å². The molecule has 0 amide bonds. The number of aromatic nitrogens is 3. The van der Waals surface area contributed by atoms with Crippen molar-refractivity contribution in [3.8, 4) is 22.9 Å². The van der Waals surface area contributed by atoms with Gasteiger partial charge in [0.15, 0.2) is 0 Å². The van der Waals surface area contributed by atoms with Crippen LogP contribution in [0.3, 0.4) is 0 Å². The Morgan fingerprint density at radius 3 is 2.54 bits per heavy atom. The number of fused-ring (bicyclic) bond motifs is 4. The lowest BCUT2D eigenvalue weighted by molar-refractivity contribution is 0.330. The molecule has 1 atom stereocenters. The number of piperidine rings is 2. The average Bonchev–Trinajstić information content (AvgIpc) is 3.65. The van der Waals surface area contributed by atoms with Crippen LogP contribution < -0.4 is 14.5 Å². The van der Waals surface area contributed by atoms with Crippen molar-refractivity contribution >= 4 is 29.1 Å². The molecule has 7 nitrogen and oxygen atoms in total. The third kappa shape index (κ3) is 5.17. The van der Waals surface area contributed by atoms with E-state index in [1.54, 1.807) is 0 Å². The van der Waals surface area contributed by atoms with E-state index in [0.29, 0.717) is 11.8 Å². The Labute approximate surface area is 223 Å². The molecule has 1 aliphatic carbocycles. The molecule has 6 heterocycles. The van der Waals surface area contributed by atoms with Gasteiger partial charge in [-0.05, 0) is 99.1 Å². The quantitative estimate of drug-likeness (QED) is 0.389. The number of hydrogen-bond donors (Lipinski definition) is 1. The Kier molecular flexibility index (Phi) is 6.44. The summed E-state index contributed by atoms with van der Waals surface area (Å²) >= 11 is 1.85. The van der Waals surface area contributed by atoms with Crippen molar-refractivity contribution in [1.82, 2.24) is 15.2 Å². The predicted molar refractivity (Wildman–Crippen MR) is 151 cm³/mol. The SMILES string of the molecule is c1cc2cc(n1)N1CCCC(CCCC3CCN(CC3)c3cc(NSC4CC4)ccc3-c3nnc-2o3)C1. The normalized spacial score (nSPS) is 23.8. The third-order valence-corrected chi connectivity index (χ3v) is 9.69. The minimum Gasteiger partial charge on any atom is -0.416 e. The largest absolute Gasteiger partial charge is 0.416 e. The zero-order chi connectivity index (χ0) is 24.6. The maximum Gasteiger partial charge on any atom is 0.250 e. The van der Waals surface area contributed by atoms with E-state index in [1.165, 1.54) is 63.5 Å². The number of nitrogens with zero attached hydrogens (tertiary/aromatic N) is 5. The number of rotatable bonds is 3. The van der Waals surface area contributed by atoms with Crippen LogP contribution in [0.5, 0.6) is 0 Å². The molecule has 3 fully saturated rings. The van der Waals surface area contributed by atoms with Crippen molar-refractivity contribution in [2.24, 2.45) is 11.8 Å². The summed E-state index contributed by atoms with van der Waals surface area (Å²) in [6.45, 7) is 4.35. The molecule has 2 aromatic heterocycles. The molecule has 0 radical (unpaired) electrons. The standard InChI is InChI=1S/C29H36N6OS/c1-3-20-11-15-34(16-12-20)26-18-23(33-37-24-7-8-24)6-9-25(26)29-32-31-28(36-29)22-10-13-30-27(17-22)35-14-2-5-21(4-1)19-35/h6,9-10,13,17-18,20-21,24,33H,1-5,7-8,11-12,14-16,19H2. The first-order chi connectivity index (χ1) is 18.3. The first-order valence-electron chi connectivity index (χ1n) is 14.1. The van der Waals surface area contributed by atoms with Crippen molar-refractivity contribution in [3.05, 3.63) is 36.5 Å². The summed E-state index contributed by atoms with van der Waals surface area (Å²) in [6.07, 6.45) is 13.7. The molecular formula is C29H36N6OS. The van der Waals surface area contributed by atoms with Gasteiger partial charge in [-0.25, -0.2) is 4.98 Å². The molecule has 5 aliphatic rings. The fourth-order valence-corrected chi connectivity index (χ4v) is 7.02. The van der Waals surface area contributed by atoms with E-state index in [0.717, 1.165) is 65.9 Å². The van der Waals surface area contributed by atoms with E-state index in [4.69, 9.17) is 9.40 Å². The average molecular weight is 517 g/mol. The van der Waals surface area contributed by atoms with Crippen LogP contribution in [0.15, 0.2) is 40.9 Å². The van der Waals surface area contributed by atoms with Gasteiger partial charge in [0.2, 0.25) is 11.8 Å². The van der Waals surface area contributed by atoms with Gasteiger partial charge in [0.05, 0.1) is 11.3 Å². The Morgan fingerprint density at radius 1 is 0.811 bits per heavy atom. The second kappa shape index (κ2) is 10.2. The van der Waals surface area contributed by atoms with Crippen LogP contribution in [0.25, 0.3) is 22.9 Å². The van der Waals surface area contributed by atoms with Crippen LogP contribution in [0, 0.1) is 11.8 Å². The molecule has 3 aromatic rings. The van der Waals surface area contributed by atoms with Crippen molar-refractivity contribution < 1.29 is 4.42 Å². The molecule has 37 heavy (non-hydrogen) atoms. The molecule has 1 N–H and O–H groups in total. The summed E-state index contributed by atoms with van der Waals surface area (Å²) in [7, 11) is 0. The third-order valence-electron chi connectivity index (χ3n) is 8.54. The van der Waals surface area contributed by atoms with Crippen molar-refractivity contribution in [2.45, 2.75) is 63.0 Å². The number of hydrogen-bond acceptors (Lipinski definition) is 8. The number of anilines is 3. The van der Waals surface area contributed by atoms with Gasteiger partial charge < -0.3 is 18.9 Å². The molecule has 2 saturated heterocycles.